The molecule has 9 heteroatoms. The van der Waals surface area contributed by atoms with Gasteiger partial charge in [0.15, 0.2) is 0 Å². The van der Waals surface area contributed by atoms with E-state index in [1.807, 2.05) is 27.7 Å². The average molecular weight is 406 g/mol. The molecule has 1 aliphatic heterocycles. The van der Waals surface area contributed by atoms with Crippen LogP contribution in [0.25, 0.3) is 0 Å². The third kappa shape index (κ3) is 4.46. The van der Waals surface area contributed by atoms with Crippen molar-refractivity contribution in [2.75, 3.05) is 13.1 Å². The molecule has 3 rings (SSSR count). The minimum absolute atomic E-state index is 0.0118. The van der Waals surface area contributed by atoms with Crippen LogP contribution in [-0.4, -0.2) is 45.6 Å². The molecule has 0 unspecified atom stereocenters. The molecule has 0 aromatic carbocycles. The van der Waals surface area contributed by atoms with Gasteiger partial charge in [-0.2, -0.15) is 0 Å². The number of thiazole rings is 1. The first-order valence-corrected chi connectivity index (χ1v) is 9.77. The van der Waals surface area contributed by atoms with Crippen molar-refractivity contribution in [1.82, 2.24) is 20.2 Å². The van der Waals surface area contributed by atoms with Gasteiger partial charge in [0.1, 0.15) is 22.1 Å². The second-order valence-electron chi connectivity index (χ2n) is 8.05. The van der Waals surface area contributed by atoms with Gasteiger partial charge in [-0.3, -0.25) is 9.78 Å². The second kappa shape index (κ2) is 7.46. The fourth-order valence-corrected chi connectivity index (χ4v) is 3.79. The van der Waals surface area contributed by atoms with Crippen LogP contribution in [0.1, 0.15) is 48.9 Å². The van der Waals surface area contributed by atoms with E-state index < -0.39 is 11.4 Å². The Bertz CT molecular complexity index is 887. The van der Waals surface area contributed by atoms with Gasteiger partial charge in [0.25, 0.3) is 5.91 Å². The number of hydrogen-bond acceptors (Lipinski definition) is 6. The number of aromatic nitrogens is 2. The molecule has 28 heavy (non-hydrogen) atoms. The Morgan fingerprint density at radius 3 is 2.75 bits per heavy atom. The molecule has 0 spiro atoms. The lowest BCUT2D eigenvalue weighted by atomic mass is 9.83. The van der Waals surface area contributed by atoms with Crippen LogP contribution in [0.3, 0.4) is 0 Å². The largest absolute Gasteiger partial charge is 0.444 e. The summed E-state index contributed by atoms with van der Waals surface area (Å²) in [4.78, 5) is 34.4. The van der Waals surface area contributed by atoms with Gasteiger partial charge in [0.2, 0.25) is 0 Å². The SMILES string of the molecule is CC(C)(C)OC(=O)N1CC(C)(c2nc(C(=O)NCc3ncccc3F)cs2)C1. The first-order chi connectivity index (χ1) is 13.1. The number of rotatable bonds is 4. The smallest absolute Gasteiger partial charge is 0.410 e. The Balaban J connectivity index is 1.57. The predicted molar refractivity (Wildman–Crippen MR) is 103 cm³/mol. The zero-order chi connectivity index (χ0) is 20.5. The molecule has 2 aromatic rings. The van der Waals surface area contributed by atoms with Crippen molar-refractivity contribution in [3.8, 4) is 0 Å². The van der Waals surface area contributed by atoms with Gasteiger partial charge >= 0.3 is 6.09 Å². The highest BCUT2D eigenvalue weighted by Crippen LogP contribution is 2.36. The number of halogens is 1. The molecule has 1 saturated heterocycles. The summed E-state index contributed by atoms with van der Waals surface area (Å²) >= 11 is 1.37. The Kier molecular flexibility index (Phi) is 5.38. The number of nitrogens with one attached hydrogen (secondary N) is 1. The molecule has 1 fully saturated rings. The Hall–Kier alpha value is -2.55. The molecule has 0 saturated carbocycles. The van der Waals surface area contributed by atoms with E-state index in [0.29, 0.717) is 13.1 Å². The first kappa shape index (κ1) is 20.2. The van der Waals surface area contributed by atoms with Crippen molar-refractivity contribution in [2.45, 2.75) is 45.3 Å². The summed E-state index contributed by atoms with van der Waals surface area (Å²) < 4.78 is 19.0. The number of amides is 2. The van der Waals surface area contributed by atoms with Crippen molar-refractivity contribution in [3.05, 3.63) is 45.9 Å². The van der Waals surface area contributed by atoms with Gasteiger partial charge in [-0.05, 0) is 39.8 Å². The Morgan fingerprint density at radius 2 is 2.11 bits per heavy atom. The number of nitrogens with zero attached hydrogens (tertiary/aromatic N) is 3. The maximum Gasteiger partial charge on any atom is 0.410 e. The molecule has 1 aliphatic rings. The molecule has 3 heterocycles. The van der Waals surface area contributed by atoms with Crippen LogP contribution in [0.4, 0.5) is 9.18 Å². The average Bonchev–Trinajstić information content (AvgIpc) is 3.07. The molecule has 150 valence electrons. The van der Waals surface area contributed by atoms with Gasteiger partial charge in [-0.25, -0.2) is 14.2 Å². The highest BCUT2D eigenvalue weighted by atomic mass is 32.1. The fraction of sp³-hybridized carbons (Fsp3) is 0.474. The highest BCUT2D eigenvalue weighted by molar-refractivity contribution is 7.10. The van der Waals surface area contributed by atoms with Crippen molar-refractivity contribution >= 4 is 23.3 Å². The second-order valence-corrected chi connectivity index (χ2v) is 8.91. The van der Waals surface area contributed by atoms with E-state index in [-0.39, 0.29) is 35.3 Å². The fourth-order valence-electron chi connectivity index (χ4n) is 2.85. The molecule has 0 bridgehead atoms. The molecule has 1 N–H and O–H groups in total. The molecular formula is C19H23FN4O3S. The topological polar surface area (TPSA) is 84.4 Å². The van der Waals surface area contributed by atoms with Crippen LogP contribution >= 0.6 is 11.3 Å². The normalized spacial score (nSPS) is 15.7. The summed E-state index contributed by atoms with van der Waals surface area (Å²) in [5.74, 6) is -0.856. The van der Waals surface area contributed by atoms with E-state index in [1.54, 1.807) is 10.3 Å². The van der Waals surface area contributed by atoms with Crippen LogP contribution < -0.4 is 5.32 Å². The van der Waals surface area contributed by atoms with Gasteiger partial charge in [-0.15, -0.1) is 11.3 Å². The van der Waals surface area contributed by atoms with Crippen LogP contribution in [0.2, 0.25) is 0 Å². The highest BCUT2D eigenvalue weighted by Gasteiger charge is 2.46. The monoisotopic (exact) mass is 406 g/mol. The van der Waals surface area contributed by atoms with E-state index in [1.165, 1.54) is 29.7 Å². The van der Waals surface area contributed by atoms with Gasteiger partial charge in [-0.1, -0.05) is 0 Å². The van der Waals surface area contributed by atoms with E-state index >= 15 is 0 Å². The lowest BCUT2D eigenvalue weighted by Gasteiger charge is -2.46. The van der Waals surface area contributed by atoms with E-state index in [4.69, 9.17) is 4.74 Å². The molecule has 2 amide bonds. The standard InChI is InChI=1S/C19H23FN4O3S/c1-18(2,3)27-17(26)24-10-19(4,11-24)16-23-14(9-28-16)15(25)22-8-13-12(20)6-5-7-21-13/h5-7,9H,8,10-11H2,1-4H3,(H,22,25). The number of pyridine rings is 1. The third-order valence-electron chi connectivity index (χ3n) is 4.24. The Morgan fingerprint density at radius 1 is 1.39 bits per heavy atom. The third-order valence-corrected chi connectivity index (χ3v) is 5.38. The molecule has 0 atom stereocenters. The van der Waals surface area contributed by atoms with Crippen LogP contribution in [0, 0.1) is 5.82 Å². The summed E-state index contributed by atoms with van der Waals surface area (Å²) in [5, 5.41) is 5.07. The number of carbonyl (C=O) groups is 2. The van der Waals surface area contributed by atoms with Crippen molar-refractivity contribution < 1.29 is 18.7 Å². The predicted octanol–water partition coefficient (Wildman–Crippen LogP) is 3.12. The van der Waals surface area contributed by atoms with Gasteiger partial charge < -0.3 is 15.0 Å². The molecule has 2 aromatic heterocycles. The lowest BCUT2D eigenvalue weighted by molar-refractivity contribution is -0.00657. The summed E-state index contributed by atoms with van der Waals surface area (Å²) in [6.07, 6.45) is 1.12. The molecule has 0 radical (unpaired) electrons. The van der Waals surface area contributed by atoms with Crippen molar-refractivity contribution in [2.24, 2.45) is 0 Å². The van der Waals surface area contributed by atoms with Gasteiger partial charge in [0, 0.05) is 24.7 Å². The maximum absolute atomic E-state index is 13.6. The van der Waals surface area contributed by atoms with Gasteiger partial charge in [0.05, 0.1) is 17.7 Å². The molecular weight excluding hydrogens is 383 g/mol. The Labute approximate surface area is 166 Å². The van der Waals surface area contributed by atoms with Crippen molar-refractivity contribution in [1.29, 1.82) is 0 Å². The minimum Gasteiger partial charge on any atom is -0.444 e. The first-order valence-electron chi connectivity index (χ1n) is 8.89. The minimum atomic E-state index is -0.539. The van der Waals surface area contributed by atoms with Crippen LogP contribution in [-0.2, 0) is 16.7 Å². The van der Waals surface area contributed by atoms with E-state index in [9.17, 15) is 14.0 Å². The zero-order valence-corrected chi connectivity index (χ0v) is 17.1. The number of ether oxygens (including phenoxy) is 1. The number of likely N-dealkylation sites (tertiary alicyclic amines) is 1. The number of carbonyl (C=O) groups excluding carboxylic acids is 2. The number of hydrogen-bond donors (Lipinski definition) is 1. The lowest BCUT2D eigenvalue weighted by Crippen LogP contribution is -2.60. The van der Waals surface area contributed by atoms with E-state index in [2.05, 4.69) is 15.3 Å². The zero-order valence-electron chi connectivity index (χ0n) is 16.3. The van der Waals surface area contributed by atoms with Crippen LogP contribution in [0.15, 0.2) is 23.7 Å². The summed E-state index contributed by atoms with van der Waals surface area (Å²) in [7, 11) is 0. The summed E-state index contributed by atoms with van der Waals surface area (Å²) in [5.41, 5.74) is -0.408. The maximum atomic E-state index is 13.6. The van der Waals surface area contributed by atoms with E-state index in [0.717, 1.165) is 5.01 Å². The quantitative estimate of drug-likeness (QED) is 0.843. The summed E-state index contributed by atoms with van der Waals surface area (Å²) in [6.45, 7) is 8.43. The molecule has 0 aliphatic carbocycles. The molecule has 7 nitrogen and oxygen atoms in total. The van der Waals surface area contributed by atoms with Crippen LogP contribution in [0.5, 0.6) is 0 Å². The van der Waals surface area contributed by atoms with Crippen molar-refractivity contribution in [3.63, 3.8) is 0 Å². The summed E-state index contributed by atoms with van der Waals surface area (Å²) in [6, 6.07) is 2.79.